The number of nitrogens with zero attached hydrogens (tertiary/aromatic N) is 3. The summed E-state index contributed by atoms with van der Waals surface area (Å²) >= 11 is 0. The molecular weight excluding hydrogens is 414 g/mol. The minimum Gasteiger partial charge on any atom is -0.488 e. The van der Waals surface area contributed by atoms with Crippen molar-refractivity contribution in [2.24, 2.45) is 0 Å². The molecule has 0 fully saturated rings. The first-order valence-corrected chi connectivity index (χ1v) is 10.9. The van der Waals surface area contributed by atoms with Gasteiger partial charge in [0.1, 0.15) is 18.1 Å². The highest BCUT2D eigenvalue weighted by molar-refractivity contribution is 6.01. The summed E-state index contributed by atoms with van der Waals surface area (Å²) in [7, 11) is 5.83. The molecule has 1 heterocycles. The van der Waals surface area contributed by atoms with E-state index in [0.29, 0.717) is 17.9 Å². The lowest BCUT2D eigenvalue weighted by Gasteiger charge is -2.21. The van der Waals surface area contributed by atoms with Gasteiger partial charge in [0.25, 0.3) is 5.91 Å². The maximum Gasteiger partial charge on any atom is 0.257 e. The molecule has 6 heteroatoms. The van der Waals surface area contributed by atoms with E-state index in [1.54, 1.807) is 4.90 Å². The van der Waals surface area contributed by atoms with Gasteiger partial charge in [0, 0.05) is 33.4 Å². The molecule has 4 aromatic rings. The van der Waals surface area contributed by atoms with Crippen molar-refractivity contribution in [2.75, 3.05) is 26.0 Å². The average molecular weight is 444 g/mol. The topological polar surface area (TPSA) is 58.8 Å². The van der Waals surface area contributed by atoms with Crippen LogP contribution in [-0.2, 0) is 13.2 Å². The molecule has 1 amide bonds. The Bertz CT molecular complexity index is 1260. The summed E-state index contributed by atoms with van der Waals surface area (Å²) in [6, 6.07) is 20.0. The zero-order chi connectivity index (χ0) is 23.5. The summed E-state index contributed by atoms with van der Waals surface area (Å²) in [5.41, 5.74) is 4.41. The fourth-order valence-electron chi connectivity index (χ4n) is 3.81. The number of anilines is 1. The van der Waals surface area contributed by atoms with E-state index in [1.807, 2.05) is 83.5 Å². The first-order valence-electron chi connectivity index (χ1n) is 10.9. The second kappa shape index (κ2) is 9.36. The van der Waals surface area contributed by atoms with Crippen molar-refractivity contribution < 1.29 is 14.1 Å². The molecule has 0 N–H and O–H groups in total. The number of ether oxygens (including phenoxy) is 1. The molecule has 0 radical (unpaired) electrons. The van der Waals surface area contributed by atoms with Crippen molar-refractivity contribution in [1.82, 2.24) is 10.1 Å². The molecule has 4 rings (SSSR count). The van der Waals surface area contributed by atoms with Gasteiger partial charge in [-0.2, -0.15) is 0 Å². The van der Waals surface area contributed by atoms with Crippen molar-refractivity contribution in [3.63, 3.8) is 0 Å². The number of fused-ring (bicyclic) bond motifs is 1. The lowest BCUT2D eigenvalue weighted by atomic mass is 10.0. The first kappa shape index (κ1) is 22.4. The van der Waals surface area contributed by atoms with Crippen LogP contribution >= 0.6 is 0 Å². The average Bonchev–Trinajstić information content (AvgIpc) is 3.13. The third kappa shape index (κ3) is 4.85. The minimum absolute atomic E-state index is 0.0915. The fourth-order valence-corrected chi connectivity index (χ4v) is 3.81. The highest BCUT2D eigenvalue weighted by Crippen LogP contribution is 2.29. The number of carbonyl (C=O) groups is 1. The molecule has 0 unspecified atom stereocenters. The number of hydrogen-bond acceptors (Lipinski definition) is 5. The molecule has 0 aliphatic carbocycles. The Morgan fingerprint density at radius 1 is 0.970 bits per heavy atom. The van der Waals surface area contributed by atoms with Crippen molar-refractivity contribution in [3.8, 4) is 5.75 Å². The molecule has 0 aliphatic heterocycles. The molecule has 0 spiro atoms. The molecule has 0 aliphatic rings. The molecule has 170 valence electrons. The lowest BCUT2D eigenvalue weighted by Crippen LogP contribution is -2.26. The number of aromatic nitrogens is 1. The molecular formula is C27H29N3O3. The molecule has 0 saturated carbocycles. The van der Waals surface area contributed by atoms with E-state index in [4.69, 9.17) is 9.26 Å². The summed E-state index contributed by atoms with van der Waals surface area (Å²) in [6.45, 7) is 4.54. The molecule has 6 nitrogen and oxygen atoms in total. The van der Waals surface area contributed by atoms with Gasteiger partial charge in [-0.25, -0.2) is 0 Å². The van der Waals surface area contributed by atoms with Gasteiger partial charge >= 0.3 is 0 Å². The Morgan fingerprint density at radius 3 is 2.24 bits per heavy atom. The zero-order valence-electron chi connectivity index (χ0n) is 19.8. The van der Waals surface area contributed by atoms with Gasteiger partial charge in [0.15, 0.2) is 0 Å². The van der Waals surface area contributed by atoms with Crippen LogP contribution in [0.5, 0.6) is 5.75 Å². The van der Waals surface area contributed by atoms with Crippen LogP contribution in [-0.4, -0.2) is 37.1 Å². The number of carbonyl (C=O) groups excluding carboxylic acids is 1. The Morgan fingerprint density at radius 2 is 1.64 bits per heavy atom. The minimum atomic E-state index is -0.0915. The molecule has 0 bridgehead atoms. The second-order valence-corrected chi connectivity index (χ2v) is 8.51. The third-order valence-electron chi connectivity index (χ3n) is 5.85. The summed E-state index contributed by atoms with van der Waals surface area (Å²) in [4.78, 5) is 17.3. The molecule has 3 aromatic carbocycles. The summed E-state index contributed by atoms with van der Waals surface area (Å²) in [6.07, 6.45) is 0. The number of benzene rings is 3. The quantitative estimate of drug-likeness (QED) is 0.385. The standard InChI is InChI=1S/C27H29N3O3/c1-18-25(19(2)33-28-18)17-32-26-15-22-9-7-6-8-21(22)14-24(26)27(31)30(5)16-20-10-12-23(13-11-20)29(3)4/h6-15H,16-17H2,1-5H3. The summed E-state index contributed by atoms with van der Waals surface area (Å²) in [5, 5.41) is 6.01. The Balaban J connectivity index is 1.61. The normalized spacial score (nSPS) is 10.9. The van der Waals surface area contributed by atoms with E-state index >= 15 is 0 Å². The van der Waals surface area contributed by atoms with Gasteiger partial charge < -0.3 is 19.1 Å². The van der Waals surface area contributed by atoms with E-state index in [2.05, 4.69) is 22.2 Å². The van der Waals surface area contributed by atoms with Gasteiger partial charge in [-0.3, -0.25) is 4.79 Å². The van der Waals surface area contributed by atoms with Gasteiger partial charge in [-0.1, -0.05) is 41.6 Å². The zero-order valence-corrected chi connectivity index (χ0v) is 19.8. The van der Waals surface area contributed by atoms with Crippen LogP contribution in [0, 0.1) is 13.8 Å². The number of aryl methyl sites for hydroxylation is 2. The summed E-state index contributed by atoms with van der Waals surface area (Å²) in [5.74, 6) is 1.18. The van der Waals surface area contributed by atoms with Crippen LogP contribution < -0.4 is 9.64 Å². The Hall–Kier alpha value is -3.80. The molecule has 1 aromatic heterocycles. The van der Waals surface area contributed by atoms with Crippen LogP contribution in [0.4, 0.5) is 5.69 Å². The van der Waals surface area contributed by atoms with Crippen LogP contribution in [0.1, 0.15) is 32.9 Å². The van der Waals surface area contributed by atoms with Crippen LogP contribution in [0.25, 0.3) is 10.8 Å². The predicted octanol–water partition coefficient (Wildman–Crippen LogP) is 5.36. The predicted molar refractivity (Wildman–Crippen MR) is 131 cm³/mol. The number of hydrogen-bond donors (Lipinski definition) is 0. The van der Waals surface area contributed by atoms with Gasteiger partial charge in [-0.15, -0.1) is 0 Å². The maximum atomic E-state index is 13.5. The number of amides is 1. The highest BCUT2D eigenvalue weighted by Gasteiger charge is 2.20. The smallest absolute Gasteiger partial charge is 0.257 e. The van der Waals surface area contributed by atoms with E-state index in [1.165, 1.54) is 0 Å². The SMILES string of the molecule is Cc1noc(C)c1COc1cc2ccccc2cc1C(=O)N(C)Cc1ccc(N(C)C)cc1. The van der Waals surface area contributed by atoms with E-state index in [9.17, 15) is 4.79 Å². The van der Waals surface area contributed by atoms with Gasteiger partial charge in [-0.05, 0) is 54.4 Å². The van der Waals surface area contributed by atoms with Crippen molar-refractivity contribution in [3.05, 3.63) is 88.8 Å². The van der Waals surface area contributed by atoms with Crippen LogP contribution in [0.3, 0.4) is 0 Å². The molecule has 0 saturated heterocycles. The maximum absolute atomic E-state index is 13.5. The highest BCUT2D eigenvalue weighted by atomic mass is 16.5. The Kier molecular flexibility index (Phi) is 6.36. The Labute approximate surface area is 194 Å². The van der Waals surface area contributed by atoms with Crippen LogP contribution in [0.2, 0.25) is 0 Å². The fraction of sp³-hybridized carbons (Fsp3) is 0.259. The molecule has 33 heavy (non-hydrogen) atoms. The van der Waals surface area contributed by atoms with Crippen molar-refractivity contribution in [2.45, 2.75) is 27.0 Å². The van der Waals surface area contributed by atoms with E-state index in [-0.39, 0.29) is 12.5 Å². The molecule has 0 atom stereocenters. The first-order chi connectivity index (χ1) is 15.8. The van der Waals surface area contributed by atoms with Crippen molar-refractivity contribution in [1.29, 1.82) is 0 Å². The lowest BCUT2D eigenvalue weighted by molar-refractivity contribution is 0.0780. The largest absolute Gasteiger partial charge is 0.488 e. The van der Waals surface area contributed by atoms with Gasteiger partial charge in [0.05, 0.1) is 16.8 Å². The summed E-state index contributed by atoms with van der Waals surface area (Å²) < 4.78 is 11.4. The van der Waals surface area contributed by atoms with E-state index < -0.39 is 0 Å². The second-order valence-electron chi connectivity index (χ2n) is 8.51. The monoisotopic (exact) mass is 443 g/mol. The van der Waals surface area contributed by atoms with Crippen LogP contribution in [0.15, 0.2) is 65.2 Å². The van der Waals surface area contributed by atoms with Crippen molar-refractivity contribution >= 4 is 22.4 Å². The van der Waals surface area contributed by atoms with E-state index in [0.717, 1.165) is 39.0 Å². The van der Waals surface area contributed by atoms with Gasteiger partial charge in [0.2, 0.25) is 0 Å². The third-order valence-corrected chi connectivity index (χ3v) is 5.85. The number of rotatable bonds is 7.